The summed E-state index contributed by atoms with van der Waals surface area (Å²) in [5.74, 6) is -1.32. The molecule has 0 spiro atoms. The van der Waals surface area contributed by atoms with E-state index in [2.05, 4.69) is 21.3 Å². The number of hydrogen-bond acceptors (Lipinski definition) is 5. The Bertz CT molecular complexity index is 1110. The maximum absolute atomic E-state index is 13.1. The van der Waals surface area contributed by atoms with Gasteiger partial charge in [0.2, 0.25) is 5.91 Å². The van der Waals surface area contributed by atoms with Crippen LogP contribution in [-0.4, -0.2) is 60.4 Å². The summed E-state index contributed by atoms with van der Waals surface area (Å²) in [6.45, 7) is 6.47. The largest absolute Gasteiger partial charge is 0.352 e. The molecule has 0 radical (unpaired) electrons. The van der Waals surface area contributed by atoms with Crippen molar-refractivity contribution in [1.29, 1.82) is 0 Å². The molecule has 0 heterocycles. The van der Waals surface area contributed by atoms with Crippen molar-refractivity contribution in [2.75, 3.05) is 30.7 Å². The first kappa shape index (κ1) is 29.9. The van der Waals surface area contributed by atoms with Crippen LogP contribution < -0.4 is 25.6 Å². The maximum Gasteiger partial charge on any atom is 0.251 e. The molecule has 3 unspecified atom stereocenters. The molecule has 0 aromatic heterocycles. The highest BCUT2D eigenvalue weighted by atomic mass is 32.2. The van der Waals surface area contributed by atoms with Crippen LogP contribution in [0.5, 0.6) is 0 Å². The van der Waals surface area contributed by atoms with Crippen LogP contribution in [0.4, 0.5) is 10.1 Å². The zero-order chi connectivity index (χ0) is 27.5. The van der Waals surface area contributed by atoms with Crippen LogP contribution in [-0.2, 0) is 22.3 Å². The highest BCUT2D eigenvalue weighted by Crippen LogP contribution is 2.20. The van der Waals surface area contributed by atoms with E-state index in [0.29, 0.717) is 12.2 Å². The molecule has 11 heteroatoms. The number of carbonyl (C=O) groups is 3. The fourth-order valence-corrected chi connectivity index (χ4v) is 3.62. The van der Waals surface area contributed by atoms with Gasteiger partial charge in [-0.2, -0.15) is 0 Å². The van der Waals surface area contributed by atoms with Crippen molar-refractivity contribution in [1.82, 2.24) is 21.3 Å². The van der Waals surface area contributed by atoms with Gasteiger partial charge < -0.3 is 21.3 Å². The summed E-state index contributed by atoms with van der Waals surface area (Å²) in [4.78, 5) is 37.8. The Morgan fingerprint density at radius 2 is 1.57 bits per heavy atom. The third kappa shape index (κ3) is 9.58. The average molecular weight is 534 g/mol. The highest BCUT2D eigenvalue weighted by molar-refractivity contribution is 7.85. The Morgan fingerprint density at radius 3 is 2.14 bits per heavy atom. The fourth-order valence-electron chi connectivity index (χ4n) is 3.22. The van der Waals surface area contributed by atoms with Crippen LogP contribution in [0.15, 0.2) is 42.5 Å². The first-order valence-electron chi connectivity index (χ1n) is 12.1. The van der Waals surface area contributed by atoms with E-state index in [9.17, 15) is 23.0 Å². The molecule has 3 amide bonds. The fraction of sp³-hybridized carbons (Fsp3) is 0.423. The minimum Gasteiger partial charge on any atom is -0.352 e. The summed E-state index contributed by atoms with van der Waals surface area (Å²) in [7, 11) is 0.225. The number of hydrogen-bond donors (Lipinski definition) is 4. The number of rotatable bonds is 13. The summed E-state index contributed by atoms with van der Waals surface area (Å²) in [5.41, 5.74) is 1.60. The lowest BCUT2D eigenvalue weighted by Crippen LogP contribution is -2.47. The Morgan fingerprint density at radius 1 is 0.973 bits per heavy atom. The molecule has 9 nitrogen and oxygen atoms in total. The average Bonchev–Trinajstić information content (AvgIpc) is 2.89. The first-order chi connectivity index (χ1) is 17.5. The van der Waals surface area contributed by atoms with Crippen LogP contribution >= 0.6 is 0 Å². The molecule has 0 aliphatic rings. The van der Waals surface area contributed by atoms with Crippen LogP contribution in [0.2, 0.25) is 0 Å². The van der Waals surface area contributed by atoms with Gasteiger partial charge in [0.15, 0.2) is 0 Å². The SMILES string of the molecule is CCC(C)NC(=O)C(C)NCCNC(=O)c1cc(C(=O)NCc2ccc(F)cc2)cc(N(C)S(C)=O)c1. The van der Waals surface area contributed by atoms with Crippen molar-refractivity contribution in [3.8, 4) is 0 Å². The van der Waals surface area contributed by atoms with E-state index in [0.717, 1.165) is 12.0 Å². The smallest absolute Gasteiger partial charge is 0.251 e. The van der Waals surface area contributed by atoms with Crippen molar-refractivity contribution in [2.24, 2.45) is 0 Å². The standard InChI is InChI=1S/C26H36FN5O4S/c1-6-17(2)31-24(33)18(3)28-11-12-29-25(34)20-13-21(15-23(14-20)32(4)37(5)36)26(35)30-16-19-7-9-22(27)10-8-19/h7-10,13-15,17-18,28H,6,11-12,16H2,1-5H3,(H,29,34)(H,30,35)(H,31,33). The molecule has 0 fully saturated rings. The molecule has 0 aliphatic carbocycles. The lowest BCUT2D eigenvalue weighted by molar-refractivity contribution is -0.123. The second-order valence-corrected chi connectivity index (χ2v) is 10.1. The molecule has 4 N–H and O–H groups in total. The van der Waals surface area contributed by atoms with Crippen LogP contribution in [0.3, 0.4) is 0 Å². The van der Waals surface area contributed by atoms with Crippen LogP contribution in [0, 0.1) is 5.82 Å². The molecule has 0 saturated heterocycles. The van der Waals surface area contributed by atoms with Gasteiger partial charge >= 0.3 is 0 Å². The quantitative estimate of drug-likeness (QED) is 0.294. The third-order valence-electron chi connectivity index (χ3n) is 5.81. The van der Waals surface area contributed by atoms with E-state index < -0.39 is 28.8 Å². The third-order valence-corrected chi connectivity index (χ3v) is 6.80. The van der Waals surface area contributed by atoms with Gasteiger partial charge in [0.25, 0.3) is 11.8 Å². The summed E-state index contributed by atoms with van der Waals surface area (Å²) in [6.07, 6.45) is 2.33. The second-order valence-electron chi connectivity index (χ2n) is 8.75. The Labute approximate surface area is 220 Å². The predicted octanol–water partition coefficient (Wildman–Crippen LogP) is 2.11. The van der Waals surface area contributed by atoms with Crippen molar-refractivity contribution < 1.29 is 23.0 Å². The van der Waals surface area contributed by atoms with Gasteiger partial charge in [0, 0.05) is 50.1 Å². The van der Waals surface area contributed by atoms with E-state index in [1.807, 2.05) is 13.8 Å². The highest BCUT2D eigenvalue weighted by Gasteiger charge is 2.17. The minimum absolute atomic E-state index is 0.0846. The van der Waals surface area contributed by atoms with Crippen LogP contribution in [0.25, 0.3) is 0 Å². The lowest BCUT2D eigenvalue weighted by atomic mass is 10.1. The zero-order valence-electron chi connectivity index (χ0n) is 21.9. The molecule has 3 atom stereocenters. The van der Waals surface area contributed by atoms with Gasteiger partial charge in [0.1, 0.15) is 16.8 Å². The molecule has 2 aromatic carbocycles. The molecular weight excluding hydrogens is 497 g/mol. The minimum atomic E-state index is -1.38. The predicted molar refractivity (Wildman–Crippen MR) is 144 cm³/mol. The number of halogens is 1. The number of benzene rings is 2. The Kier molecular flexibility index (Phi) is 11.7. The summed E-state index contributed by atoms with van der Waals surface area (Å²) >= 11 is 0. The summed E-state index contributed by atoms with van der Waals surface area (Å²) in [6, 6.07) is 10.00. The molecule has 2 rings (SSSR count). The molecule has 0 bridgehead atoms. The van der Waals surface area contributed by atoms with E-state index >= 15 is 0 Å². The Balaban J connectivity index is 2.05. The lowest BCUT2D eigenvalue weighted by Gasteiger charge is -2.19. The molecule has 37 heavy (non-hydrogen) atoms. The van der Waals surface area contributed by atoms with Gasteiger partial charge in [0.05, 0.1) is 11.7 Å². The molecule has 202 valence electrons. The van der Waals surface area contributed by atoms with Gasteiger partial charge in [-0.25, -0.2) is 8.60 Å². The van der Waals surface area contributed by atoms with E-state index in [4.69, 9.17) is 0 Å². The van der Waals surface area contributed by atoms with E-state index in [1.54, 1.807) is 38.2 Å². The van der Waals surface area contributed by atoms with Gasteiger partial charge in [-0.15, -0.1) is 0 Å². The topological polar surface area (TPSA) is 120 Å². The van der Waals surface area contributed by atoms with Gasteiger partial charge in [-0.05, 0) is 56.2 Å². The van der Waals surface area contributed by atoms with Crippen molar-refractivity contribution in [3.63, 3.8) is 0 Å². The van der Waals surface area contributed by atoms with Gasteiger partial charge in [-0.3, -0.25) is 18.7 Å². The van der Waals surface area contributed by atoms with Gasteiger partial charge in [-0.1, -0.05) is 19.1 Å². The number of anilines is 1. The number of carbonyl (C=O) groups excluding carboxylic acids is 3. The zero-order valence-corrected chi connectivity index (χ0v) is 22.7. The normalized spacial score (nSPS) is 13.2. The maximum atomic E-state index is 13.1. The number of nitrogens with one attached hydrogen (secondary N) is 4. The first-order valence-corrected chi connectivity index (χ1v) is 13.6. The van der Waals surface area contributed by atoms with E-state index in [1.165, 1.54) is 28.8 Å². The van der Waals surface area contributed by atoms with Crippen molar-refractivity contribution in [3.05, 3.63) is 65.0 Å². The molecule has 0 saturated carbocycles. The number of nitrogens with zero attached hydrogens (tertiary/aromatic N) is 1. The van der Waals surface area contributed by atoms with E-state index in [-0.39, 0.29) is 42.0 Å². The summed E-state index contributed by atoms with van der Waals surface area (Å²) < 4.78 is 26.6. The number of amides is 3. The second kappa shape index (κ2) is 14.4. The molecular formula is C26H36FN5O4S. The molecule has 0 aliphatic heterocycles. The Hall–Kier alpha value is -3.31. The molecule has 2 aromatic rings. The van der Waals surface area contributed by atoms with Crippen molar-refractivity contribution >= 4 is 34.4 Å². The monoisotopic (exact) mass is 533 g/mol. The van der Waals surface area contributed by atoms with Crippen molar-refractivity contribution in [2.45, 2.75) is 45.8 Å². The van der Waals surface area contributed by atoms with Crippen LogP contribution in [0.1, 0.15) is 53.5 Å². The summed E-state index contributed by atoms with van der Waals surface area (Å²) in [5, 5.41) is 11.5.